The highest BCUT2D eigenvalue weighted by atomic mass is 127. The van der Waals surface area contributed by atoms with E-state index in [0.29, 0.717) is 26.3 Å². The molecule has 4 rings (SSSR count). The summed E-state index contributed by atoms with van der Waals surface area (Å²) < 4.78 is 7.30. The first-order valence-corrected chi connectivity index (χ1v) is 14.4. The number of amides is 2. The van der Waals surface area contributed by atoms with Crippen molar-refractivity contribution in [3.8, 4) is 5.75 Å². The normalized spacial score (nSPS) is 14.5. The van der Waals surface area contributed by atoms with Gasteiger partial charge < -0.3 is 9.64 Å². The lowest BCUT2D eigenvalue weighted by Crippen LogP contribution is -2.27. The van der Waals surface area contributed by atoms with Crippen LogP contribution in [0.3, 0.4) is 0 Å². The van der Waals surface area contributed by atoms with Crippen LogP contribution in [-0.2, 0) is 17.9 Å². The van der Waals surface area contributed by atoms with E-state index < -0.39 is 0 Å². The van der Waals surface area contributed by atoms with Gasteiger partial charge in [-0.15, -0.1) is 0 Å². The van der Waals surface area contributed by atoms with E-state index in [1.54, 1.807) is 18.2 Å². The number of anilines is 1. The second-order valence-electron chi connectivity index (χ2n) is 8.31. The van der Waals surface area contributed by atoms with Gasteiger partial charge >= 0.3 is 0 Å². The molecule has 0 aliphatic carbocycles. The summed E-state index contributed by atoms with van der Waals surface area (Å²) in [5.41, 5.74) is 3.41. The highest BCUT2D eigenvalue weighted by molar-refractivity contribution is 14.1. The molecule has 1 aliphatic heterocycles. The topological polar surface area (TPSA) is 49.9 Å². The fourth-order valence-corrected chi connectivity index (χ4v) is 5.55. The fraction of sp³-hybridized carbons (Fsp3) is 0.214. The number of halogens is 3. The molecule has 0 aromatic heterocycles. The maximum absolute atomic E-state index is 13.2. The van der Waals surface area contributed by atoms with Crippen molar-refractivity contribution >= 4 is 80.5 Å². The molecule has 0 unspecified atom stereocenters. The first-order valence-electron chi connectivity index (χ1n) is 11.7. The van der Waals surface area contributed by atoms with Crippen molar-refractivity contribution in [2.75, 3.05) is 18.0 Å². The Morgan fingerprint density at radius 3 is 2.41 bits per heavy atom. The molecule has 9 heteroatoms. The first kappa shape index (κ1) is 27.8. The molecule has 3 aromatic rings. The molecule has 3 aromatic carbocycles. The van der Waals surface area contributed by atoms with Gasteiger partial charge in [0, 0.05) is 49.6 Å². The number of thioether (sulfide) groups is 1. The van der Waals surface area contributed by atoms with E-state index >= 15 is 0 Å². The first-order chi connectivity index (χ1) is 17.8. The molecule has 5 nitrogen and oxygen atoms in total. The lowest BCUT2D eigenvalue weighted by atomic mass is 10.1. The van der Waals surface area contributed by atoms with Gasteiger partial charge in [-0.25, -0.2) is 0 Å². The van der Waals surface area contributed by atoms with Crippen LogP contribution in [0.2, 0.25) is 10.0 Å². The van der Waals surface area contributed by atoms with E-state index in [0.717, 1.165) is 45.2 Å². The number of ether oxygens (including phenoxy) is 1. The van der Waals surface area contributed by atoms with Crippen LogP contribution in [0, 0.1) is 3.57 Å². The zero-order valence-corrected chi connectivity index (χ0v) is 24.8. The number of hydrogen-bond acceptors (Lipinski definition) is 5. The quantitative estimate of drug-likeness (QED) is 0.170. The molecule has 0 radical (unpaired) electrons. The summed E-state index contributed by atoms with van der Waals surface area (Å²) in [4.78, 5) is 29.7. The summed E-state index contributed by atoms with van der Waals surface area (Å²) in [5, 5.41) is 0.787. The zero-order valence-electron chi connectivity index (χ0n) is 20.3. The number of carbonyl (C=O) groups is 2. The zero-order chi connectivity index (χ0) is 26.5. The third-order valence-corrected chi connectivity index (χ3v) is 8.15. The Hall–Kier alpha value is -2.20. The molecule has 1 aliphatic rings. The molecule has 37 heavy (non-hydrogen) atoms. The van der Waals surface area contributed by atoms with Crippen LogP contribution < -0.4 is 9.64 Å². The molecule has 2 amide bonds. The molecular weight excluding hydrogens is 642 g/mol. The van der Waals surface area contributed by atoms with Gasteiger partial charge in [-0.3, -0.25) is 14.5 Å². The summed E-state index contributed by atoms with van der Waals surface area (Å²) >= 11 is 15.5. The van der Waals surface area contributed by atoms with Crippen LogP contribution in [0.15, 0.2) is 65.6 Å². The maximum atomic E-state index is 13.2. The van der Waals surface area contributed by atoms with Gasteiger partial charge in [0.05, 0.1) is 11.4 Å². The Kier molecular flexibility index (Phi) is 9.45. The van der Waals surface area contributed by atoms with Crippen LogP contribution in [0.5, 0.6) is 5.75 Å². The monoisotopic (exact) mass is 666 g/mol. The molecule has 0 bridgehead atoms. The Morgan fingerprint density at radius 2 is 1.73 bits per heavy atom. The van der Waals surface area contributed by atoms with Gasteiger partial charge in [-0.2, -0.15) is 0 Å². The third kappa shape index (κ3) is 6.82. The van der Waals surface area contributed by atoms with E-state index in [2.05, 4.69) is 41.3 Å². The maximum Gasteiger partial charge on any atom is 0.293 e. The standard InChI is InChI=1S/C28H25Cl2IN2O3S/c1-3-32(4-2)23-12-8-19(25(15-23)36-17-20-7-9-21(29)14-24(20)30)13-26-27(34)33(28(35)37-26)16-18-5-10-22(31)11-6-18/h5-15H,3-4,16-17H2,1-2H3/b26-13+. The molecule has 0 saturated carbocycles. The summed E-state index contributed by atoms with van der Waals surface area (Å²) in [6.07, 6.45) is 1.73. The summed E-state index contributed by atoms with van der Waals surface area (Å²) in [7, 11) is 0. The Bertz CT molecular complexity index is 1340. The van der Waals surface area contributed by atoms with Crippen molar-refractivity contribution in [1.82, 2.24) is 4.90 Å². The summed E-state index contributed by atoms with van der Waals surface area (Å²) in [6, 6.07) is 18.9. The Labute approximate surface area is 244 Å². The van der Waals surface area contributed by atoms with Crippen molar-refractivity contribution in [2.45, 2.75) is 27.0 Å². The number of hydrogen-bond donors (Lipinski definition) is 0. The summed E-state index contributed by atoms with van der Waals surface area (Å²) in [5.74, 6) is 0.285. The van der Waals surface area contributed by atoms with Crippen molar-refractivity contribution < 1.29 is 14.3 Å². The van der Waals surface area contributed by atoms with Gasteiger partial charge in [0.25, 0.3) is 11.1 Å². The SMILES string of the molecule is CCN(CC)c1ccc(/C=C2/SC(=O)N(Cc3ccc(I)cc3)C2=O)c(OCc2ccc(Cl)cc2Cl)c1. The molecule has 0 atom stereocenters. The minimum absolute atomic E-state index is 0.229. The Balaban J connectivity index is 1.62. The van der Waals surface area contributed by atoms with Crippen molar-refractivity contribution in [1.29, 1.82) is 0 Å². The van der Waals surface area contributed by atoms with Crippen LogP contribution in [0.1, 0.15) is 30.5 Å². The smallest absolute Gasteiger partial charge is 0.293 e. The second-order valence-corrected chi connectivity index (χ2v) is 11.4. The van der Waals surface area contributed by atoms with Crippen molar-refractivity contribution in [3.63, 3.8) is 0 Å². The minimum atomic E-state index is -0.312. The van der Waals surface area contributed by atoms with E-state index in [-0.39, 0.29) is 24.3 Å². The number of benzene rings is 3. The predicted molar refractivity (Wildman–Crippen MR) is 161 cm³/mol. The molecule has 1 fully saturated rings. The largest absolute Gasteiger partial charge is 0.488 e. The fourth-order valence-electron chi connectivity index (χ4n) is 3.90. The molecule has 192 valence electrons. The van der Waals surface area contributed by atoms with Crippen LogP contribution >= 0.6 is 57.6 Å². The van der Waals surface area contributed by atoms with E-state index in [1.807, 2.05) is 48.5 Å². The van der Waals surface area contributed by atoms with E-state index in [9.17, 15) is 9.59 Å². The van der Waals surface area contributed by atoms with Crippen molar-refractivity contribution in [3.05, 3.63) is 95.9 Å². The van der Waals surface area contributed by atoms with Gasteiger partial charge in [-0.05, 0) is 96.2 Å². The highest BCUT2D eigenvalue weighted by Crippen LogP contribution is 2.36. The van der Waals surface area contributed by atoms with Gasteiger partial charge in [0.2, 0.25) is 0 Å². The molecule has 0 spiro atoms. The summed E-state index contributed by atoms with van der Waals surface area (Å²) in [6.45, 7) is 6.33. The van der Waals surface area contributed by atoms with Gasteiger partial charge in [0.15, 0.2) is 0 Å². The molecule has 1 heterocycles. The van der Waals surface area contributed by atoms with E-state index in [4.69, 9.17) is 27.9 Å². The lowest BCUT2D eigenvalue weighted by molar-refractivity contribution is -0.123. The number of carbonyl (C=O) groups excluding carboxylic acids is 2. The third-order valence-electron chi connectivity index (χ3n) is 5.94. The average molecular weight is 667 g/mol. The predicted octanol–water partition coefficient (Wildman–Crippen LogP) is 8.26. The Morgan fingerprint density at radius 1 is 1.00 bits per heavy atom. The second kappa shape index (κ2) is 12.6. The van der Waals surface area contributed by atoms with Crippen molar-refractivity contribution in [2.24, 2.45) is 0 Å². The van der Waals surface area contributed by atoms with Gasteiger partial charge in [-0.1, -0.05) is 41.4 Å². The number of rotatable bonds is 9. The van der Waals surface area contributed by atoms with Crippen LogP contribution in [-0.4, -0.2) is 29.1 Å². The number of imide groups is 1. The van der Waals surface area contributed by atoms with Crippen LogP contribution in [0.25, 0.3) is 6.08 Å². The minimum Gasteiger partial charge on any atom is -0.488 e. The molecule has 1 saturated heterocycles. The van der Waals surface area contributed by atoms with E-state index in [1.165, 1.54) is 4.90 Å². The van der Waals surface area contributed by atoms with Crippen LogP contribution in [0.4, 0.5) is 10.5 Å². The van der Waals surface area contributed by atoms with Gasteiger partial charge in [0.1, 0.15) is 12.4 Å². The molecule has 0 N–H and O–H groups in total. The highest BCUT2D eigenvalue weighted by Gasteiger charge is 2.35. The number of nitrogens with zero attached hydrogens (tertiary/aromatic N) is 2. The average Bonchev–Trinajstić information content (AvgIpc) is 3.14. The lowest BCUT2D eigenvalue weighted by Gasteiger charge is -2.22. The molecular formula is C28H25Cl2IN2O3S.